The van der Waals surface area contributed by atoms with Crippen molar-refractivity contribution in [2.24, 2.45) is 0 Å². The standard InChI is InChI=1S/C21H25N3O5.ClH/c1-14(25)23-21-19(24(27)28)7-4-8-20(21)29-13-18(26)12-22-17-10-9-15-5-2-3-6-16(15)11-17;/h2-8,17-18,22,26H,9-13H2,1H3,(H,23,25);1H. The summed E-state index contributed by atoms with van der Waals surface area (Å²) >= 11 is 0. The van der Waals surface area contributed by atoms with E-state index in [4.69, 9.17) is 4.74 Å². The number of ether oxygens (including phenoxy) is 1. The van der Waals surface area contributed by atoms with Crippen LogP contribution in [-0.2, 0) is 17.6 Å². The van der Waals surface area contributed by atoms with Crippen LogP contribution in [0.2, 0.25) is 0 Å². The lowest BCUT2D eigenvalue weighted by Crippen LogP contribution is -2.40. The Morgan fingerprint density at radius 1 is 1.27 bits per heavy atom. The van der Waals surface area contributed by atoms with Gasteiger partial charge in [0, 0.05) is 25.6 Å². The van der Waals surface area contributed by atoms with Crippen LogP contribution in [0.5, 0.6) is 5.75 Å². The predicted octanol–water partition coefficient (Wildman–Crippen LogP) is 2.86. The molecule has 9 heteroatoms. The number of hydrogen-bond acceptors (Lipinski definition) is 6. The highest BCUT2D eigenvalue weighted by molar-refractivity contribution is 5.93. The molecule has 1 amide bonds. The van der Waals surface area contributed by atoms with Crippen LogP contribution in [0, 0.1) is 10.1 Å². The lowest BCUT2D eigenvalue weighted by Gasteiger charge is -2.26. The monoisotopic (exact) mass is 435 g/mol. The molecule has 8 nitrogen and oxygen atoms in total. The number of rotatable bonds is 8. The average Bonchev–Trinajstić information content (AvgIpc) is 2.70. The number of nitrogens with one attached hydrogen (secondary N) is 2. The van der Waals surface area contributed by atoms with Crippen molar-refractivity contribution >= 4 is 29.7 Å². The first-order valence-corrected chi connectivity index (χ1v) is 9.60. The summed E-state index contributed by atoms with van der Waals surface area (Å²) in [6.07, 6.45) is 2.13. The number of benzene rings is 2. The summed E-state index contributed by atoms with van der Waals surface area (Å²) in [5.41, 5.74) is 2.45. The van der Waals surface area contributed by atoms with Crippen molar-refractivity contribution in [1.82, 2.24) is 5.32 Å². The van der Waals surface area contributed by atoms with Crippen LogP contribution in [0.1, 0.15) is 24.5 Å². The third kappa shape index (κ3) is 6.16. The minimum atomic E-state index is -0.795. The Hall–Kier alpha value is -2.68. The lowest BCUT2D eigenvalue weighted by molar-refractivity contribution is -0.384. The zero-order chi connectivity index (χ0) is 20.8. The molecule has 0 aliphatic heterocycles. The van der Waals surface area contributed by atoms with Gasteiger partial charge in [0.05, 0.1) is 4.92 Å². The first kappa shape index (κ1) is 23.6. The Labute approximate surface area is 181 Å². The van der Waals surface area contributed by atoms with E-state index in [1.54, 1.807) is 0 Å². The molecule has 0 spiro atoms. The second-order valence-electron chi connectivity index (χ2n) is 7.17. The van der Waals surface area contributed by atoms with Gasteiger partial charge in [-0.25, -0.2) is 0 Å². The SMILES string of the molecule is CC(=O)Nc1c(OCC(O)CNC2CCc3ccccc3C2)cccc1[N+](=O)[O-].Cl. The molecule has 162 valence electrons. The molecule has 0 fully saturated rings. The summed E-state index contributed by atoms with van der Waals surface area (Å²) in [5.74, 6) is -0.288. The number of para-hydroxylation sites is 1. The Balaban J connectivity index is 0.00000320. The maximum atomic E-state index is 11.4. The second kappa shape index (κ2) is 10.9. The van der Waals surface area contributed by atoms with Gasteiger partial charge in [-0.05, 0) is 36.5 Å². The molecule has 2 unspecified atom stereocenters. The fourth-order valence-electron chi connectivity index (χ4n) is 3.51. The van der Waals surface area contributed by atoms with Gasteiger partial charge < -0.3 is 20.5 Å². The smallest absolute Gasteiger partial charge is 0.296 e. The first-order chi connectivity index (χ1) is 13.9. The van der Waals surface area contributed by atoms with Crippen LogP contribution in [0.15, 0.2) is 42.5 Å². The zero-order valence-corrected chi connectivity index (χ0v) is 17.5. The van der Waals surface area contributed by atoms with E-state index in [2.05, 4.69) is 28.8 Å². The van der Waals surface area contributed by atoms with E-state index >= 15 is 0 Å². The van der Waals surface area contributed by atoms with Crippen LogP contribution in [0.3, 0.4) is 0 Å². The summed E-state index contributed by atoms with van der Waals surface area (Å²) in [7, 11) is 0. The molecular formula is C21H26ClN3O5. The topological polar surface area (TPSA) is 114 Å². The van der Waals surface area contributed by atoms with Gasteiger partial charge in [-0.15, -0.1) is 12.4 Å². The van der Waals surface area contributed by atoms with Gasteiger partial charge in [-0.2, -0.15) is 0 Å². The van der Waals surface area contributed by atoms with Gasteiger partial charge in [-0.1, -0.05) is 30.3 Å². The van der Waals surface area contributed by atoms with Crippen molar-refractivity contribution in [3.63, 3.8) is 0 Å². The number of amides is 1. The average molecular weight is 436 g/mol. The molecule has 30 heavy (non-hydrogen) atoms. The van der Waals surface area contributed by atoms with Crippen LogP contribution in [0.4, 0.5) is 11.4 Å². The van der Waals surface area contributed by atoms with E-state index in [0.717, 1.165) is 19.3 Å². The number of carbonyl (C=O) groups is 1. The molecule has 0 saturated carbocycles. The van der Waals surface area contributed by atoms with Gasteiger partial charge in [0.25, 0.3) is 5.69 Å². The minimum Gasteiger partial charge on any atom is -0.488 e. The van der Waals surface area contributed by atoms with E-state index < -0.39 is 16.9 Å². The molecule has 2 atom stereocenters. The lowest BCUT2D eigenvalue weighted by atomic mass is 9.88. The molecule has 2 aromatic rings. The van der Waals surface area contributed by atoms with Crippen molar-refractivity contribution < 1.29 is 19.6 Å². The summed E-state index contributed by atoms with van der Waals surface area (Å²) in [6, 6.07) is 12.9. The number of aryl methyl sites for hydroxylation is 1. The van der Waals surface area contributed by atoms with Gasteiger partial charge >= 0.3 is 0 Å². The highest BCUT2D eigenvalue weighted by Crippen LogP contribution is 2.34. The molecule has 3 rings (SSSR count). The van der Waals surface area contributed by atoms with Crippen molar-refractivity contribution in [2.75, 3.05) is 18.5 Å². The third-order valence-electron chi connectivity index (χ3n) is 4.92. The number of carbonyl (C=O) groups excluding carboxylic acids is 1. The highest BCUT2D eigenvalue weighted by Gasteiger charge is 2.21. The Kier molecular flexibility index (Phi) is 8.58. The number of aliphatic hydroxyl groups is 1. The second-order valence-corrected chi connectivity index (χ2v) is 7.17. The number of hydrogen-bond donors (Lipinski definition) is 3. The van der Waals surface area contributed by atoms with Crippen molar-refractivity contribution in [3.05, 3.63) is 63.7 Å². The maximum Gasteiger partial charge on any atom is 0.296 e. The number of anilines is 1. The zero-order valence-electron chi connectivity index (χ0n) is 16.7. The van der Waals surface area contributed by atoms with Crippen LogP contribution in [-0.4, -0.2) is 41.2 Å². The quantitative estimate of drug-likeness (QED) is 0.434. The maximum absolute atomic E-state index is 11.4. The number of nitro benzene ring substituents is 1. The number of fused-ring (bicyclic) bond motifs is 1. The van der Waals surface area contributed by atoms with E-state index in [0.29, 0.717) is 6.54 Å². The summed E-state index contributed by atoms with van der Waals surface area (Å²) in [6.45, 7) is 1.56. The van der Waals surface area contributed by atoms with E-state index in [9.17, 15) is 20.0 Å². The van der Waals surface area contributed by atoms with Gasteiger partial charge in [-0.3, -0.25) is 14.9 Å². The number of halogens is 1. The fourth-order valence-corrected chi connectivity index (χ4v) is 3.51. The molecule has 0 saturated heterocycles. The molecule has 0 bridgehead atoms. The van der Waals surface area contributed by atoms with Crippen LogP contribution >= 0.6 is 12.4 Å². The van der Waals surface area contributed by atoms with E-state index in [1.165, 1.54) is 36.2 Å². The first-order valence-electron chi connectivity index (χ1n) is 9.60. The molecule has 2 aromatic carbocycles. The summed E-state index contributed by atoms with van der Waals surface area (Å²) in [4.78, 5) is 22.0. The minimum absolute atomic E-state index is 0. The molecule has 0 aromatic heterocycles. The third-order valence-corrected chi connectivity index (χ3v) is 4.92. The predicted molar refractivity (Wildman–Crippen MR) is 116 cm³/mol. The molecule has 0 heterocycles. The van der Waals surface area contributed by atoms with Crippen LogP contribution in [0.25, 0.3) is 0 Å². The molecule has 3 N–H and O–H groups in total. The largest absolute Gasteiger partial charge is 0.488 e. The Bertz CT molecular complexity index is 893. The number of nitrogens with zero attached hydrogens (tertiary/aromatic N) is 1. The number of aliphatic hydroxyl groups excluding tert-OH is 1. The fraction of sp³-hybridized carbons (Fsp3) is 0.381. The normalized spacial score (nSPS) is 16.0. The number of nitro groups is 1. The molecular weight excluding hydrogens is 410 g/mol. The van der Waals surface area contributed by atoms with E-state index in [1.807, 2.05) is 6.07 Å². The molecule has 1 aliphatic rings. The summed E-state index contributed by atoms with van der Waals surface area (Å²) in [5, 5.41) is 27.3. The van der Waals surface area contributed by atoms with Crippen LogP contribution < -0.4 is 15.4 Å². The van der Waals surface area contributed by atoms with Crippen molar-refractivity contribution in [2.45, 2.75) is 38.3 Å². The molecule has 1 aliphatic carbocycles. The van der Waals surface area contributed by atoms with E-state index in [-0.39, 0.29) is 42.2 Å². The van der Waals surface area contributed by atoms with Gasteiger partial charge in [0.2, 0.25) is 5.91 Å². The van der Waals surface area contributed by atoms with Gasteiger partial charge in [0.1, 0.15) is 18.5 Å². The Morgan fingerprint density at radius 2 is 2.00 bits per heavy atom. The summed E-state index contributed by atoms with van der Waals surface area (Å²) < 4.78 is 5.58. The van der Waals surface area contributed by atoms with Crippen molar-refractivity contribution in [1.29, 1.82) is 0 Å². The Morgan fingerprint density at radius 3 is 2.70 bits per heavy atom. The molecule has 0 radical (unpaired) electrons. The van der Waals surface area contributed by atoms with Gasteiger partial charge in [0.15, 0.2) is 5.69 Å². The van der Waals surface area contributed by atoms with Crippen molar-refractivity contribution in [3.8, 4) is 5.75 Å². The highest BCUT2D eigenvalue weighted by atomic mass is 35.5.